The molecular weight excluding hydrogens is 275 g/mol. The van der Waals surface area contributed by atoms with Crippen LogP contribution in [0.4, 0.5) is 13.2 Å². The van der Waals surface area contributed by atoms with Gasteiger partial charge in [-0.25, -0.2) is 0 Å². The molecule has 2 atom stereocenters. The minimum atomic E-state index is -4.23. The van der Waals surface area contributed by atoms with Gasteiger partial charge in [-0.2, -0.15) is 18.3 Å². The molecule has 1 saturated heterocycles. The molecule has 0 saturated carbocycles. The number of aromatic nitrogens is 2. The van der Waals surface area contributed by atoms with E-state index in [1.165, 1.54) is 6.07 Å². The molecule has 2 unspecified atom stereocenters. The van der Waals surface area contributed by atoms with Crippen molar-refractivity contribution in [3.8, 4) is 5.88 Å². The van der Waals surface area contributed by atoms with E-state index in [0.717, 1.165) is 0 Å². The van der Waals surface area contributed by atoms with Crippen molar-refractivity contribution in [3.63, 3.8) is 0 Å². The summed E-state index contributed by atoms with van der Waals surface area (Å²) in [5, 5.41) is 11.0. The molecule has 0 aromatic carbocycles. The van der Waals surface area contributed by atoms with E-state index < -0.39 is 19.2 Å². The number of morpholine rings is 1. The molecule has 1 aliphatic heterocycles. The first-order valence-corrected chi connectivity index (χ1v) is 6.31. The number of nitrogens with zero attached hydrogens (tertiary/aromatic N) is 2. The minimum Gasteiger partial charge on any atom is -0.476 e. The van der Waals surface area contributed by atoms with Gasteiger partial charge in [-0.15, -0.1) is 5.10 Å². The normalized spacial score (nSPS) is 23.6. The second-order valence-electron chi connectivity index (χ2n) is 4.67. The van der Waals surface area contributed by atoms with Crippen LogP contribution in [-0.4, -0.2) is 42.2 Å². The van der Waals surface area contributed by atoms with Crippen molar-refractivity contribution in [1.29, 1.82) is 0 Å². The van der Waals surface area contributed by atoms with Crippen molar-refractivity contribution >= 4 is 0 Å². The topological polar surface area (TPSA) is 56.3 Å². The highest BCUT2D eigenvalue weighted by Crippen LogP contribution is 2.20. The largest absolute Gasteiger partial charge is 0.476 e. The summed E-state index contributed by atoms with van der Waals surface area (Å²) in [5.74, 6) is 0.0859. The van der Waals surface area contributed by atoms with Crippen molar-refractivity contribution < 1.29 is 22.6 Å². The minimum absolute atomic E-state index is 0.0597. The Kier molecular flexibility index (Phi) is 4.77. The molecule has 1 aromatic rings. The Labute approximate surface area is 114 Å². The Morgan fingerprint density at radius 1 is 1.35 bits per heavy atom. The molecule has 8 heteroatoms. The second-order valence-corrected chi connectivity index (χ2v) is 4.67. The zero-order chi connectivity index (χ0) is 14.6. The zero-order valence-corrected chi connectivity index (χ0v) is 11.0. The van der Waals surface area contributed by atoms with Gasteiger partial charge in [0.05, 0.1) is 38.0 Å². The first kappa shape index (κ1) is 15.0. The fourth-order valence-corrected chi connectivity index (χ4v) is 1.84. The molecule has 0 spiro atoms. The Bertz CT molecular complexity index is 425. The van der Waals surface area contributed by atoms with Crippen LogP contribution in [0, 0.1) is 0 Å². The first-order chi connectivity index (χ1) is 9.44. The van der Waals surface area contributed by atoms with Crippen LogP contribution in [-0.2, 0) is 4.74 Å². The third kappa shape index (κ3) is 4.61. The molecule has 0 aliphatic carbocycles. The standard InChI is InChI=1S/C12H16F3N3O2/c1-8-6-19-7-10(16-8)9-2-3-11(18-17-9)20-5-4-12(13,14)15/h2-3,8,10,16H,4-7H2,1H3. The van der Waals surface area contributed by atoms with Gasteiger partial charge >= 0.3 is 6.18 Å². The monoisotopic (exact) mass is 291 g/mol. The average molecular weight is 291 g/mol. The summed E-state index contributed by atoms with van der Waals surface area (Å²) in [4.78, 5) is 0. The highest BCUT2D eigenvalue weighted by Gasteiger charge is 2.27. The summed E-state index contributed by atoms with van der Waals surface area (Å²) in [6, 6.07) is 3.35. The van der Waals surface area contributed by atoms with Crippen LogP contribution in [0.15, 0.2) is 12.1 Å². The number of halogens is 3. The highest BCUT2D eigenvalue weighted by atomic mass is 19.4. The van der Waals surface area contributed by atoms with Gasteiger partial charge in [-0.1, -0.05) is 0 Å². The SMILES string of the molecule is CC1COCC(c2ccc(OCCC(F)(F)F)nn2)N1. The number of alkyl halides is 3. The van der Waals surface area contributed by atoms with Crippen molar-refractivity contribution in [3.05, 3.63) is 17.8 Å². The summed E-state index contributed by atoms with van der Waals surface area (Å²) >= 11 is 0. The van der Waals surface area contributed by atoms with Crippen molar-refractivity contribution in [2.75, 3.05) is 19.8 Å². The maximum atomic E-state index is 12.0. The number of hydrogen-bond donors (Lipinski definition) is 1. The lowest BCUT2D eigenvalue weighted by Crippen LogP contribution is -2.42. The van der Waals surface area contributed by atoms with Crippen molar-refractivity contribution in [2.24, 2.45) is 0 Å². The van der Waals surface area contributed by atoms with E-state index in [-0.39, 0.29) is 18.0 Å². The molecule has 0 amide bonds. The average Bonchev–Trinajstić information content (AvgIpc) is 2.38. The van der Waals surface area contributed by atoms with Gasteiger partial charge in [0.1, 0.15) is 0 Å². The Hall–Kier alpha value is -1.41. The van der Waals surface area contributed by atoms with Gasteiger partial charge in [0, 0.05) is 12.1 Å². The quantitative estimate of drug-likeness (QED) is 0.917. The fourth-order valence-electron chi connectivity index (χ4n) is 1.84. The molecule has 112 valence electrons. The van der Waals surface area contributed by atoms with E-state index in [9.17, 15) is 13.2 Å². The van der Waals surface area contributed by atoms with Crippen LogP contribution >= 0.6 is 0 Å². The molecule has 1 N–H and O–H groups in total. The Morgan fingerprint density at radius 2 is 2.15 bits per heavy atom. The summed E-state index contributed by atoms with van der Waals surface area (Å²) < 4.78 is 46.2. The lowest BCUT2D eigenvalue weighted by molar-refractivity contribution is -0.139. The third-order valence-electron chi connectivity index (χ3n) is 2.79. The summed E-state index contributed by atoms with van der Waals surface area (Å²) in [5.41, 5.74) is 0.680. The van der Waals surface area contributed by atoms with Crippen LogP contribution < -0.4 is 10.1 Å². The van der Waals surface area contributed by atoms with Crippen LogP contribution in [0.25, 0.3) is 0 Å². The van der Waals surface area contributed by atoms with Gasteiger partial charge in [0.15, 0.2) is 0 Å². The number of ether oxygens (including phenoxy) is 2. The molecule has 1 fully saturated rings. The molecule has 2 rings (SSSR count). The van der Waals surface area contributed by atoms with E-state index >= 15 is 0 Å². The van der Waals surface area contributed by atoms with Crippen LogP contribution in [0.1, 0.15) is 25.1 Å². The Balaban J connectivity index is 1.86. The summed E-state index contributed by atoms with van der Waals surface area (Å²) in [6.07, 6.45) is -5.24. The van der Waals surface area contributed by atoms with Crippen LogP contribution in [0.5, 0.6) is 5.88 Å². The Morgan fingerprint density at radius 3 is 2.75 bits per heavy atom. The van der Waals surface area contributed by atoms with E-state index in [1.54, 1.807) is 6.07 Å². The predicted molar refractivity (Wildman–Crippen MR) is 64.4 cm³/mol. The van der Waals surface area contributed by atoms with Gasteiger partial charge in [0.25, 0.3) is 0 Å². The fraction of sp³-hybridized carbons (Fsp3) is 0.667. The van der Waals surface area contributed by atoms with E-state index in [2.05, 4.69) is 15.5 Å². The smallest absolute Gasteiger partial charge is 0.392 e. The lowest BCUT2D eigenvalue weighted by atomic mass is 10.1. The van der Waals surface area contributed by atoms with Gasteiger partial charge < -0.3 is 14.8 Å². The van der Waals surface area contributed by atoms with Gasteiger partial charge in [-0.3, -0.25) is 0 Å². The number of hydrogen-bond acceptors (Lipinski definition) is 5. The second kappa shape index (κ2) is 6.36. The predicted octanol–water partition coefficient (Wildman–Crippen LogP) is 1.86. The molecule has 0 bridgehead atoms. The highest BCUT2D eigenvalue weighted by molar-refractivity contribution is 5.14. The first-order valence-electron chi connectivity index (χ1n) is 6.31. The molecule has 0 radical (unpaired) electrons. The number of nitrogens with one attached hydrogen (secondary N) is 1. The number of rotatable bonds is 4. The molecule has 1 aliphatic rings. The zero-order valence-electron chi connectivity index (χ0n) is 11.0. The van der Waals surface area contributed by atoms with E-state index in [1.807, 2.05) is 6.92 Å². The van der Waals surface area contributed by atoms with Crippen molar-refractivity contribution in [1.82, 2.24) is 15.5 Å². The molecule has 2 heterocycles. The maximum Gasteiger partial charge on any atom is 0.392 e. The van der Waals surface area contributed by atoms with Crippen molar-refractivity contribution in [2.45, 2.75) is 31.6 Å². The van der Waals surface area contributed by atoms with E-state index in [0.29, 0.717) is 18.9 Å². The van der Waals surface area contributed by atoms with Gasteiger partial charge in [-0.05, 0) is 13.0 Å². The van der Waals surface area contributed by atoms with Crippen LogP contribution in [0.2, 0.25) is 0 Å². The maximum absolute atomic E-state index is 12.0. The molecular formula is C12H16F3N3O2. The molecule has 5 nitrogen and oxygen atoms in total. The third-order valence-corrected chi connectivity index (χ3v) is 2.79. The lowest BCUT2D eigenvalue weighted by Gasteiger charge is -2.28. The molecule has 1 aromatic heterocycles. The van der Waals surface area contributed by atoms with Crippen LogP contribution in [0.3, 0.4) is 0 Å². The summed E-state index contributed by atoms with van der Waals surface area (Å²) in [7, 11) is 0. The van der Waals surface area contributed by atoms with E-state index in [4.69, 9.17) is 9.47 Å². The summed E-state index contributed by atoms with van der Waals surface area (Å²) in [6.45, 7) is 2.67. The van der Waals surface area contributed by atoms with Gasteiger partial charge in [0.2, 0.25) is 5.88 Å². The molecule has 20 heavy (non-hydrogen) atoms.